The first-order valence-electron chi connectivity index (χ1n) is 10.6. The molecule has 1 aliphatic rings. The standard InChI is InChI=1S/C24H33N3O4/c1-25-24(27-14-11-19(12-15-27)31-18-8-6-5-7-9-18)26-13-10-21-22(29-3)16-20(28-2)17-23(21)30-4/h5-9,16-17,19H,10-15H2,1-4H3,(H,25,26). The van der Waals surface area contributed by atoms with E-state index < -0.39 is 0 Å². The smallest absolute Gasteiger partial charge is 0.193 e. The van der Waals surface area contributed by atoms with Crippen LogP contribution in [0.5, 0.6) is 23.0 Å². The van der Waals surface area contributed by atoms with Gasteiger partial charge in [0.05, 0.1) is 21.3 Å². The molecule has 0 bridgehead atoms. The van der Waals surface area contributed by atoms with Crippen molar-refractivity contribution in [2.45, 2.75) is 25.4 Å². The van der Waals surface area contributed by atoms with Crippen molar-refractivity contribution in [1.82, 2.24) is 10.2 Å². The topological polar surface area (TPSA) is 64.6 Å². The minimum atomic E-state index is 0.240. The van der Waals surface area contributed by atoms with E-state index in [0.717, 1.165) is 61.1 Å². The van der Waals surface area contributed by atoms with Crippen molar-refractivity contribution in [2.24, 2.45) is 4.99 Å². The maximum absolute atomic E-state index is 6.10. The molecule has 2 aromatic rings. The third-order valence-electron chi connectivity index (χ3n) is 5.47. The number of benzene rings is 2. The zero-order chi connectivity index (χ0) is 22.1. The number of hydrogen-bond donors (Lipinski definition) is 1. The van der Waals surface area contributed by atoms with Crippen LogP contribution in [-0.2, 0) is 6.42 Å². The van der Waals surface area contributed by atoms with Crippen LogP contribution in [0.25, 0.3) is 0 Å². The third kappa shape index (κ3) is 5.96. The van der Waals surface area contributed by atoms with Crippen molar-refractivity contribution in [3.05, 3.63) is 48.0 Å². The molecule has 3 rings (SSSR count). The zero-order valence-electron chi connectivity index (χ0n) is 18.9. The Hall–Kier alpha value is -3.09. The lowest BCUT2D eigenvalue weighted by Crippen LogP contribution is -2.47. The zero-order valence-corrected chi connectivity index (χ0v) is 18.9. The molecule has 168 valence electrons. The molecule has 0 aliphatic carbocycles. The molecule has 1 heterocycles. The Bertz CT molecular complexity index is 824. The summed E-state index contributed by atoms with van der Waals surface area (Å²) >= 11 is 0. The predicted molar refractivity (Wildman–Crippen MR) is 123 cm³/mol. The second kappa shape index (κ2) is 11.3. The van der Waals surface area contributed by atoms with Crippen LogP contribution in [0, 0.1) is 0 Å². The van der Waals surface area contributed by atoms with Crippen LogP contribution in [0.1, 0.15) is 18.4 Å². The average Bonchev–Trinajstić information content (AvgIpc) is 2.82. The van der Waals surface area contributed by atoms with Crippen molar-refractivity contribution in [3.8, 4) is 23.0 Å². The second-order valence-electron chi connectivity index (χ2n) is 7.35. The van der Waals surface area contributed by atoms with Crippen molar-refractivity contribution in [1.29, 1.82) is 0 Å². The first kappa shape index (κ1) is 22.6. The number of guanidine groups is 1. The summed E-state index contributed by atoms with van der Waals surface area (Å²) in [5.41, 5.74) is 1.00. The fourth-order valence-electron chi connectivity index (χ4n) is 3.83. The van der Waals surface area contributed by atoms with Crippen LogP contribution < -0.4 is 24.3 Å². The summed E-state index contributed by atoms with van der Waals surface area (Å²) in [6.45, 7) is 2.53. The molecule has 0 unspecified atom stereocenters. The molecule has 7 nitrogen and oxygen atoms in total. The van der Waals surface area contributed by atoms with Gasteiger partial charge in [-0.15, -0.1) is 0 Å². The van der Waals surface area contributed by atoms with Gasteiger partial charge in [0, 0.05) is 57.2 Å². The van der Waals surface area contributed by atoms with Gasteiger partial charge in [-0.2, -0.15) is 0 Å². The first-order chi connectivity index (χ1) is 15.2. The highest BCUT2D eigenvalue weighted by Gasteiger charge is 2.23. The molecule has 1 N–H and O–H groups in total. The summed E-state index contributed by atoms with van der Waals surface area (Å²) in [4.78, 5) is 6.76. The van der Waals surface area contributed by atoms with E-state index in [1.54, 1.807) is 21.3 Å². The van der Waals surface area contributed by atoms with Crippen LogP contribution in [-0.4, -0.2) is 65.0 Å². The fourth-order valence-corrected chi connectivity index (χ4v) is 3.83. The van der Waals surface area contributed by atoms with E-state index in [9.17, 15) is 0 Å². The Balaban J connectivity index is 1.52. The molecule has 0 atom stereocenters. The summed E-state index contributed by atoms with van der Waals surface area (Å²) in [5.74, 6) is 4.07. The van der Waals surface area contributed by atoms with Gasteiger partial charge in [0.15, 0.2) is 5.96 Å². The minimum Gasteiger partial charge on any atom is -0.496 e. The molecule has 0 saturated carbocycles. The normalized spacial score (nSPS) is 14.8. The van der Waals surface area contributed by atoms with E-state index in [2.05, 4.69) is 15.2 Å². The molecule has 1 saturated heterocycles. The van der Waals surface area contributed by atoms with Crippen molar-refractivity contribution in [3.63, 3.8) is 0 Å². The maximum atomic E-state index is 6.10. The van der Waals surface area contributed by atoms with E-state index in [1.807, 2.05) is 49.5 Å². The van der Waals surface area contributed by atoms with Crippen LogP contribution in [0.4, 0.5) is 0 Å². The third-order valence-corrected chi connectivity index (χ3v) is 5.47. The number of rotatable bonds is 8. The summed E-state index contributed by atoms with van der Waals surface area (Å²) in [6.07, 6.45) is 2.92. The van der Waals surface area contributed by atoms with E-state index >= 15 is 0 Å². The van der Waals surface area contributed by atoms with E-state index in [-0.39, 0.29) is 6.10 Å². The van der Waals surface area contributed by atoms with E-state index in [1.165, 1.54) is 0 Å². The largest absolute Gasteiger partial charge is 0.496 e. The van der Waals surface area contributed by atoms with Crippen molar-refractivity contribution < 1.29 is 18.9 Å². The van der Waals surface area contributed by atoms with Gasteiger partial charge in [0.2, 0.25) is 0 Å². The van der Waals surface area contributed by atoms with Gasteiger partial charge in [-0.3, -0.25) is 4.99 Å². The molecule has 7 heteroatoms. The number of hydrogen-bond acceptors (Lipinski definition) is 5. The summed E-state index contributed by atoms with van der Waals surface area (Å²) in [6, 6.07) is 13.8. The Morgan fingerprint density at radius 1 is 0.968 bits per heavy atom. The SMILES string of the molecule is CN=C(NCCc1c(OC)cc(OC)cc1OC)N1CCC(Oc2ccccc2)CC1. The lowest BCUT2D eigenvalue weighted by atomic mass is 10.1. The Morgan fingerprint density at radius 3 is 2.16 bits per heavy atom. The van der Waals surface area contributed by atoms with Gasteiger partial charge in [0.25, 0.3) is 0 Å². The second-order valence-corrected chi connectivity index (χ2v) is 7.35. The number of likely N-dealkylation sites (tertiary alicyclic amines) is 1. The van der Waals surface area contributed by atoms with Gasteiger partial charge in [-0.25, -0.2) is 0 Å². The summed E-state index contributed by atoms with van der Waals surface area (Å²) in [7, 11) is 6.77. The van der Waals surface area contributed by atoms with Crippen molar-refractivity contribution in [2.75, 3.05) is 48.0 Å². The monoisotopic (exact) mass is 427 g/mol. The number of aliphatic imine (C=N–C) groups is 1. The Morgan fingerprint density at radius 2 is 1.61 bits per heavy atom. The summed E-state index contributed by atoms with van der Waals surface area (Å²) < 4.78 is 22.5. The van der Waals surface area contributed by atoms with Crippen LogP contribution in [0.15, 0.2) is 47.5 Å². The molecule has 0 radical (unpaired) electrons. The quantitative estimate of drug-likeness (QED) is 0.515. The Kier molecular flexibility index (Phi) is 8.27. The molecule has 0 aromatic heterocycles. The van der Waals surface area contributed by atoms with Gasteiger partial charge in [-0.1, -0.05) is 18.2 Å². The van der Waals surface area contributed by atoms with E-state index in [4.69, 9.17) is 18.9 Å². The number of para-hydroxylation sites is 1. The highest BCUT2D eigenvalue weighted by atomic mass is 16.5. The number of methoxy groups -OCH3 is 3. The van der Waals surface area contributed by atoms with Gasteiger partial charge >= 0.3 is 0 Å². The molecule has 0 amide bonds. The molecular weight excluding hydrogens is 394 g/mol. The van der Waals surface area contributed by atoms with Gasteiger partial charge < -0.3 is 29.2 Å². The molecule has 1 fully saturated rings. The van der Waals surface area contributed by atoms with Crippen LogP contribution in [0.2, 0.25) is 0 Å². The summed E-state index contributed by atoms with van der Waals surface area (Å²) in [5, 5.41) is 3.48. The fraction of sp³-hybridized carbons (Fsp3) is 0.458. The highest BCUT2D eigenvalue weighted by Crippen LogP contribution is 2.34. The first-order valence-corrected chi connectivity index (χ1v) is 10.6. The lowest BCUT2D eigenvalue weighted by Gasteiger charge is -2.34. The van der Waals surface area contributed by atoms with Crippen LogP contribution in [0.3, 0.4) is 0 Å². The molecular formula is C24H33N3O4. The Labute approximate surface area is 185 Å². The number of nitrogens with one attached hydrogen (secondary N) is 1. The molecule has 0 spiro atoms. The maximum Gasteiger partial charge on any atom is 0.193 e. The predicted octanol–water partition coefficient (Wildman–Crippen LogP) is 3.37. The lowest BCUT2D eigenvalue weighted by molar-refractivity contribution is 0.129. The van der Waals surface area contributed by atoms with Crippen molar-refractivity contribution >= 4 is 5.96 Å². The number of piperidine rings is 1. The number of ether oxygens (including phenoxy) is 4. The van der Waals surface area contributed by atoms with Gasteiger partial charge in [0.1, 0.15) is 29.1 Å². The van der Waals surface area contributed by atoms with Crippen LogP contribution >= 0.6 is 0 Å². The van der Waals surface area contributed by atoms with E-state index in [0.29, 0.717) is 12.3 Å². The minimum absolute atomic E-state index is 0.240. The molecule has 1 aliphatic heterocycles. The number of nitrogens with zero attached hydrogens (tertiary/aromatic N) is 2. The van der Waals surface area contributed by atoms with Gasteiger partial charge in [-0.05, 0) is 18.6 Å². The highest BCUT2D eigenvalue weighted by molar-refractivity contribution is 5.80. The average molecular weight is 428 g/mol. The molecule has 2 aromatic carbocycles. The molecule has 31 heavy (non-hydrogen) atoms.